The van der Waals surface area contributed by atoms with Gasteiger partial charge < -0.3 is 9.84 Å². The smallest absolute Gasteiger partial charge is 0.165 e. The molecule has 0 aromatic carbocycles. The van der Waals surface area contributed by atoms with Crippen molar-refractivity contribution in [2.45, 2.75) is 89.9 Å². The molecule has 96 valence electrons. The van der Waals surface area contributed by atoms with Gasteiger partial charge in [0.25, 0.3) is 0 Å². The first kappa shape index (κ1) is 14.0. The van der Waals surface area contributed by atoms with Crippen LogP contribution in [0.4, 0.5) is 0 Å². The van der Waals surface area contributed by atoms with Gasteiger partial charge in [0.1, 0.15) is 0 Å². The lowest BCUT2D eigenvalue weighted by Gasteiger charge is -2.34. The fraction of sp³-hybridized carbons (Fsp3) is 1.00. The molecule has 0 amide bonds. The van der Waals surface area contributed by atoms with E-state index in [1.54, 1.807) is 0 Å². The zero-order valence-corrected chi connectivity index (χ0v) is 11.0. The lowest BCUT2D eigenvalue weighted by Crippen LogP contribution is -2.37. The number of hydrogen-bond acceptors (Lipinski definition) is 2. The minimum atomic E-state index is -0.841. The average Bonchev–Trinajstić information content (AvgIpc) is 2.28. The first-order chi connectivity index (χ1) is 7.70. The zero-order chi connectivity index (χ0) is 11.9. The van der Waals surface area contributed by atoms with Crippen LogP contribution in [0.5, 0.6) is 0 Å². The van der Waals surface area contributed by atoms with E-state index in [1.807, 2.05) is 0 Å². The SMILES string of the molecule is CCCCC(O)(CCC)OC1CCCCC1. The predicted molar refractivity (Wildman–Crippen MR) is 67.3 cm³/mol. The molecule has 0 spiro atoms. The van der Waals surface area contributed by atoms with E-state index in [2.05, 4.69) is 13.8 Å². The molecule has 1 aliphatic rings. The maximum Gasteiger partial charge on any atom is 0.165 e. The Bertz CT molecular complexity index is 176. The van der Waals surface area contributed by atoms with Crippen molar-refractivity contribution in [3.8, 4) is 0 Å². The van der Waals surface area contributed by atoms with Crippen LogP contribution in [0, 0.1) is 0 Å². The molecule has 0 heterocycles. The van der Waals surface area contributed by atoms with Crippen LogP contribution in [0.1, 0.15) is 78.1 Å². The Balaban J connectivity index is 2.40. The standard InChI is InChI=1S/C14H28O2/c1-3-5-12-14(15,11-4-2)16-13-9-7-6-8-10-13/h13,15H,3-12H2,1-2H3. The zero-order valence-electron chi connectivity index (χ0n) is 11.0. The number of ether oxygens (including phenoxy) is 1. The lowest BCUT2D eigenvalue weighted by molar-refractivity contribution is -0.242. The molecule has 0 bridgehead atoms. The minimum absolute atomic E-state index is 0.308. The van der Waals surface area contributed by atoms with Crippen LogP contribution in [0.3, 0.4) is 0 Å². The Kier molecular flexibility index (Phi) is 6.37. The summed E-state index contributed by atoms with van der Waals surface area (Å²) >= 11 is 0. The van der Waals surface area contributed by atoms with Crippen molar-refractivity contribution < 1.29 is 9.84 Å². The second-order valence-corrected chi connectivity index (χ2v) is 5.18. The summed E-state index contributed by atoms with van der Waals surface area (Å²) in [6.07, 6.45) is 11.2. The maximum absolute atomic E-state index is 10.5. The Morgan fingerprint density at radius 3 is 2.31 bits per heavy atom. The molecule has 1 unspecified atom stereocenters. The van der Waals surface area contributed by atoms with Gasteiger partial charge in [-0.2, -0.15) is 0 Å². The van der Waals surface area contributed by atoms with E-state index in [0.29, 0.717) is 6.10 Å². The third kappa shape index (κ3) is 4.84. The summed E-state index contributed by atoms with van der Waals surface area (Å²) in [5.41, 5.74) is 0. The van der Waals surface area contributed by atoms with Crippen molar-refractivity contribution in [1.82, 2.24) is 0 Å². The minimum Gasteiger partial charge on any atom is -0.365 e. The third-order valence-corrected chi connectivity index (χ3v) is 3.50. The van der Waals surface area contributed by atoms with E-state index < -0.39 is 5.79 Å². The molecule has 0 aliphatic heterocycles. The summed E-state index contributed by atoms with van der Waals surface area (Å²) in [4.78, 5) is 0. The molecule has 1 fully saturated rings. The molecule has 0 aromatic heterocycles. The molecule has 1 saturated carbocycles. The first-order valence-corrected chi connectivity index (χ1v) is 7.10. The lowest BCUT2D eigenvalue weighted by atomic mass is 9.96. The summed E-state index contributed by atoms with van der Waals surface area (Å²) in [5.74, 6) is -0.841. The summed E-state index contributed by atoms with van der Waals surface area (Å²) in [5, 5.41) is 10.5. The van der Waals surface area contributed by atoms with Crippen LogP contribution < -0.4 is 0 Å². The van der Waals surface area contributed by atoms with Crippen LogP contribution in [0.25, 0.3) is 0 Å². The molecule has 1 N–H and O–H groups in total. The molecule has 0 aromatic rings. The number of unbranched alkanes of at least 4 members (excludes halogenated alkanes) is 1. The quantitative estimate of drug-likeness (QED) is 0.667. The molecule has 1 atom stereocenters. The van der Waals surface area contributed by atoms with E-state index >= 15 is 0 Å². The molecule has 0 saturated heterocycles. The van der Waals surface area contributed by atoms with Crippen LogP contribution in [-0.4, -0.2) is 17.0 Å². The van der Waals surface area contributed by atoms with Gasteiger partial charge in [0.2, 0.25) is 0 Å². The van der Waals surface area contributed by atoms with Crippen molar-refractivity contribution in [2.75, 3.05) is 0 Å². The highest BCUT2D eigenvalue weighted by Gasteiger charge is 2.30. The van der Waals surface area contributed by atoms with Gasteiger partial charge in [-0.1, -0.05) is 46.0 Å². The fourth-order valence-electron chi connectivity index (χ4n) is 2.58. The van der Waals surface area contributed by atoms with Gasteiger partial charge in [0.05, 0.1) is 6.10 Å². The fourth-order valence-corrected chi connectivity index (χ4v) is 2.58. The number of hydrogen-bond donors (Lipinski definition) is 1. The maximum atomic E-state index is 10.5. The average molecular weight is 228 g/mol. The topological polar surface area (TPSA) is 29.5 Å². The second kappa shape index (κ2) is 7.29. The third-order valence-electron chi connectivity index (χ3n) is 3.50. The van der Waals surface area contributed by atoms with Gasteiger partial charge in [0, 0.05) is 12.8 Å². The van der Waals surface area contributed by atoms with Crippen molar-refractivity contribution in [3.63, 3.8) is 0 Å². The van der Waals surface area contributed by atoms with E-state index in [9.17, 15) is 5.11 Å². The van der Waals surface area contributed by atoms with Gasteiger partial charge in [-0.05, 0) is 19.3 Å². The van der Waals surface area contributed by atoms with Crippen molar-refractivity contribution in [1.29, 1.82) is 0 Å². The number of rotatable bonds is 7. The second-order valence-electron chi connectivity index (χ2n) is 5.18. The van der Waals surface area contributed by atoms with Gasteiger partial charge in [-0.25, -0.2) is 0 Å². The molecule has 2 nitrogen and oxygen atoms in total. The van der Waals surface area contributed by atoms with Crippen LogP contribution in [-0.2, 0) is 4.74 Å². The van der Waals surface area contributed by atoms with Crippen molar-refractivity contribution in [2.24, 2.45) is 0 Å². The van der Waals surface area contributed by atoms with Gasteiger partial charge in [0.15, 0.2) is 5.79 Å². The van der Waals surface area contributed by atoms with E-state index in [-0.39, 0.29) is 0 Å². The highest BCUT2D eigenvalue weighted by atomic mass is 16.6. The van der Waals surface area contributed by atoms with E-state index in [1.165, 1.54) is 19.3 Å². The molecule has 0 radical (unpaired) electrons. The molecular weight excluding hydrogens is 200 g/mol. The molecule has 1 rings (SSSR count). The van der Waals surface area contributed by atoms with Crippen LogP contribution in [0.2, 0.25) is 0 Å². The highest BCUT2D eigenvalue weighted by molar-refractivity contribution is 4.73. The largest absolute Gasteiger partial charge is 0.365 e. The normalized spacial score (nSPS) is 21.9. The van der Waals surface area contributed by atoms with Crippen molar-refractivity contribution >= 4 is 0 Å². The monoisotopic (exact) mass is 228 g/mol. The first-order valence-electron chi connectivity index (χ1n) is 7.10. The Hall–Kier alpha value is -0.0800. The predicted octanol–water partition coefficient (Wildman–Crippen LogP) is 4.01. The highest BCUT2D eigenvalue weighted by Crippen LogP contribution is 2.29. The Morgan fingerprint density at radius 2 is 1.75 bits per heavy atom. The van der Waals surface area contributed by atoms with E-state index in [4.69, 9.17) is 4.74 Å². The van der Waals surface area contributed by atoms with Crippen molar-refractivity contribution in [3.05, 3.63) is 0 Å². The Labute approximate surface area is 100 Å². The molecule has 2 heteroatoms. The number of aliphatic hydroxyl groups is 1. The van der Waals surface area contributed by atoms with Crippen LogP contribution in [0.15, 0.2) is 0 Å². The molecular formula is C14H28O2. The summed E-state index contributed by atoms with van der Waals surface area (Å²) < 4.78 is 5.98. The van der Waals surface area contributed by atoms with Crippen LogP contribution >= 0.6 is 0 Å². The summed E-state index contributed by atoms with van der Waals surface area (Å²) in [6.45, 7) is 4.27. The molecule has 16 heavy (non-hydrogen) atoms. The van der Waals surface area contributed by atoms with E-state index in [0.717, 1.165) is 44.9 Å². The Morgan fingerprint density at radius 1 is 1.06 bits per heavy atom. The van der Waals surface area contributed by atoms with Gasteiger partial charge >= 0.3 is 0 Å². The van der Waals surface area contributed by atoms with Gasteiger partial charge in [-0.3, -0.25) is 0 Å². The molecule has 1 aliphatic carbocycles. The van der Waals surface area contributed by atoms with Gasteiger partial charge in [-0.15, -0.1) is 0 Å². The summed E-state index contributed by atoms with van der Waals surface area (Å²) in [7, 11) is 0. The summed E-state index contributed by atoms with van der Waals surface area (Å²) in [6, 6.07) is 0.